The Morgan fingerprint density at radius 3 is 1.90 bits per heavy atom. The minimum absolute atomic E-state index is 0.152. The molecule has 0 radical (unpaired) electrons. The van der Waals surface area contributed by atoms with Crippen molar-refractivity contribution >= 4 is 30.3 Å². The highest BCUT2D eigenvalue weighted by Crippen LogP contribution is 2.41. The van der Waals surface area contributed by atoms with E-state index < -0.39 is 24.3 Å². The average molecular weight is 318 g/mol. The van der Waals surface area contributed by atoms with E-state index in [1.54, 1.807) is 12.1 Å². The monoisotopic (exact) mass is 317 g/mol. The smallest absolute Gasteiger partial charge is 0.480 e. The number of phenols is 1. The van der Waals surface area contributed by atoms with Crippen molar-refractivity contribution in [3.8, 4) is 5.75 Å². The maximum atomic E-state index is 9.58. The van der Waals surface area contributed by atoms with E-state index in [0.717, 1.165) is 0 Å². The van der Waals surface area contributed by atoms with E-state index in [1.807, 2.05) is 27.7 Å². The molecule has 1 aromatic rings. The molecule has 1 saturated heterocycles. The molecule has 1 atom stereocenters. The summed E-state index contributed by atoms with van der Waals surface area (Å²) in [5.74, 6) is -0.704. The van der Waals surface area contributed by atoms with E-state index in [0.29, 0.717) is 5.56 Å². The summed E-state index contributed by atoms with van der Waals surface area (Å²) >= 11 is 11.8. The maximum Gasteiger partial charge on any atom is 0.480 e. The highest BCUT2D eigenvalue weighted by atomic mass is 35.5. The molecule has 0 bridgehead atoms. The van der Waals surface area contributed by atoms with Crippen molar-refractivity contribution < 1.29 is 14.4 Å². The second-order valence-electron chi connectivity index (χ2n) is 5.98. The summed E-state index contributed by atoms with van der Waals surface area (Å²) in [6, 6.07) is 3.14. The molecular weight excluding hydrogens is 300 g/mol. The minimum atomic E-state index is -0.600. The number of nitrogens with two attached hydrogens (primary N) is 1. The number of phenolic OH excluding ortho intramolecular Hbond substituents is 1. The third-order valence-electron chi connectivity index (χ3n) is 3.99. The molecule has 1 aliphatic heterocycles. The Morgan fingerprint density at radius 1 is 1.10 bits per heavy atom. The van der Waals surface area contributed by atoms with Gasteiger partial charge in [-0.1, -0.05) is 23.2 Å². The number of benzene rings is 1. The maximum absolute atomic E-state index is 9.58. The SMILES string of the molecule is CC1(C)OB([C@H](N)c2cc(Cl)c(O)c(Cl)c2)OC1(C)C. The summed E-state index contributed by atoms with van der Waals surface area (Å²) in [5, 5.41) is 9.88. The summed E-state index contributed by atoms with van der Waals surface area (Å²) in [6.07, 6.45) is 0. The van der Waals surface area contributed by atoms with Crippen LogP contribution in [0.2, 0.25) is 10.0 Å². The van der Waals surface area contributed by atoms with Crippen molar-refractivity contribution in [2.75, 3.05) is 0 Å². The van der Waals surface area contributed by atoms with E-state index in [9.17, 15) is 5.11 Å². The van der Waals surface area contributed by atoms with Crippen molar-refractivity contribution in [3.63, 3.8) is 0 Å². The highest BCUT2D eigenvalue weighted by Gasteiger charge is 2.53. The molecule has 1 heterocycles. The van der Waals surface area contributed by atoms with Gasteiger partial charge < -0.3 is 20.1 Å². The predicted octanol–water partition coefficient (Wildman–Crippen LogP) is 3.33. The standard InChI is InChI=1S/C13H18BCl2NO3/c1-12(2)13(3,4)20-14(19-12)11(17)7-5-8(15)10(18)9(16)6-7/h5-6,11,18H,17H2,1-4H3/t11-/m1/s1. The van der Waals surface area contributed by atoms with Gasteiger partial charge in [0.05, 0.1) is 27.2 Å². The molecule has 4 nitrogen and oxygen atoms in total. The first-order valence-corrected chi connectivity index (χ1v) is 7.10. The Kier molecular flexibility index (Phi) is 4.04. The third kappa shape index (κ3) is 2.65. The van der Waals surface area contributed by atoms with E-state index in [-0.39, 0.29) is 15.8 Å². The number of hydrogen-bond acceptors (Lipinski definition) is 4. The predicted molar refractivity (Wildman–Crippen MR) is 81.1 cm³/mol. The van der Waals surface area contributed by atoms with Gasteiger partial charge in [-0.25, -0.2) is 0 Å². The molecule has 0 aliphatic carbocycles. The normalized spacial score (nSPS) is 22.1. The van der Waals surface area contributed by atoms with Crippen molar-refractivity contribution in [3.05, 3.63) is 27.7 Å². The molecule has 3 N–H and O–H groups in total. The van der Waals surface area contributed by atoms with Crippen LogP contribution in [0.3, 0.4) is 0 Å². The van der Waals surface area contributed by atoms with E-state index in [1.165, 1.54) is 0 Å². The van der Waals surface area contributed by atoms with E-state index >= 15 is 0 Å². The molecular formula is C13H18BCl2NO3. The zero-order chi connectivity index (χ0) is 15.3. The Morgan fingerprint density at radius 2 is 1.50 bits per heavy atom. The molecule has 1 aromatic carbocycles. The van der Waals surface area contributed by atoms with Gasteiger partial charge in [-0.05, 0) is 45.4 Å². The quantitative estimate of drug-likeness (QED) is 0.821. The lowest BCUT2D eigenvalue weighted by Crippen LogP contribution is -2.41. The van der Waals surface area contributed by atoms with Crippen LogP contribution in [0.4, 0.5) is 0 Å². The van der Waals surface area contributed by atoms with Gasteiger partial charge in [0.1, 0.15) is 0 Å². The molecule has 1 fully saturated rings. The van der Waals surface area contributed by atoms with Gasteiger partial charge in [0.25, 0.3) is 0 Å². The van der Waals surface area contributed by atoms with Gasteiger partial charge in [-0.3, -0.25) is 0 Å². The van der Waals surface area contributed by atoms with Gasteiger partial charge in [0, 0.05) is 0 Å². The van der Waals surface area contributed by atoms with Crippen LogP contribution in [0.5, 0.6) is 5.75 Å². The molecule has 0 amide bonds. The Bertz CT molecular complexity index is 497. The molecule has 20 heavy (non-hydrogen) atoms. The molecule has 0 unspecified atom stereocenters. The molecule has 0 aromatic heterocycles. The van der Waals surface area contributed by atoms with Gasteiger partial charge >= 0.3 is 7.12 Å². The highest BCUT2D eigenvalue weighted by molar-refractivity contribution is 6.47. The van der Waals surface area contributed by atoms with Crippen LogP contribution >= 0.6 is 23.2 Å². The molecule has 1 aliphatic rings. The summed E-state index contributed by atoms with van der Waals surface area (Å²) < 4.78 is 11.8. The average Bonchev–Trinajstić information content (AvgIpc) is 2.54. The lowest BCUT2D eigenvalue weighted by molar-refractivity contribution is 0.00578. The van der Waals surface area contributed by atoms with Gasteiger partial charge in [0.2, 0.25) is 0 Å². The Balaban J connectivity index is 2.28. The van der Waals surface area contributed by atoms with Crippen LogP contribution in [0.15, 0.2) is 12.1 Å². The van der Waals surface area contributed by atoms with Crippen LogP contribution in [0, 0.1) is 0 Å². The number of hydrogen-bond donors (Lipinski definition) is 2. The van der Waals surface area contributed by atoms with Crippen molar-refractivity contribution in [1.29, 1.82) is 0 Å². The lowest BCUT2D eigenvalue weighted by Gasteiger charge is -2.32. The van der Waals surface area contributed by atoms with E-state index in [4.69, 9.17) is 38.2 Å². The Hall–Kier alpha value is -0.455. The fraction of sp³-hybridized carbons (Fsp3) is 0.538. The summed E-state index contributed by atoms with van der Waals surface area (Å²) in [4.78, 5) is 0. The summed E-state index contributed by atoms with van der Waals surface area (Å²) in [6.45, 7) is 7.82. The van der Waals surface area contributed by atoms with Crippen molar-refractivity contribution in [2.24, 2.45) is 5.73 Å². The topological polar surface area (TPSA) is 64.7 Å². The van der Waals surface area contributed by atoms with Crippen molar-refractivity contribution in [1.82, 2.24) is 0 Å². The summed E-state index contributed by atoms with van der Waals surface area (Å²) in [7, 11) is -0.600. The van der Waals surface area contributed by atoms with Crippen LogP contribution in [-0.4, -0.2) is 23.4 Å². The molecule has 2 rings (SSSR count). The largest absolute Gasteiger partial charge is 0.505 e. The van der Waals surface area contributed by atoms with Crippen LogP contribution < -0.4 is 5.73 Å². The molecule has 110 valence electrons. The van der Waals surface area contributed by atoms with Gasteiger partial charge in [0.15, 0.2) is 5.75 Å². The Labute approximate surface area is 129 Å². The zero-order valence-electron chi connectivity index (χ0n) is 11.9. The number of halogens is 2. The third-order valence-corrected chi connectivity index (χ3v) is 4.57. The van der Waals surface area contributed by atoms with E-state index in [2.05, 4.69) is 0 Å². The fourth-order valence-electron chi connectivity index (χ4n) is 1.97. The van der Waals surface area contributed by atoms with Crippen LogP contribution in [0.1, 0.15) is 39.2 Å². The molecule has 0 saturated carbocycles. The fourth-order valence-corrected chi connectivity index (χ4v) is 2.47. The number of aromatic hydroxyl groups is 1. The minimum Gasteiger partial charge on any atom is -0.505 e. The van der Waals surface area contributed by atoms with Crippen LogP contribution in [0.25, 0.3) is 0 Å². The van der Waals surface area contributed by atoms with Crippen molar-refractivity contribution in [2.45, 2.75) is 44.8 Å². The molecule has 7 heteroatoms. The first kappa shape index (κ1) is 15.9. The van der Waals surface area contributed by atoms with Crippen LogP contribution in [-0.2, 0) is 9.31 Å². The van der Waals surface area contributed by atoms with Gasteiger partial charge in [-0.2, -0.15) is 0 Å². The zero-order valence-corrected chi connectivity index (χ0v) is 13.4. The first-order chi connectivity index (χ1) is 9.05. The summed E-state index contributed by atoms with van der Waals surface area (Å²) in [5.41, 5.74) is 5.91. The second kappa shape index (κ2) is 5.07. The molecule has 0 spiro atoms. The van der Waals surface area contributed by atoms with Gasteiger partial charge in [-0.15, -0.1) is 0 Å². The lowest BCUT2D eigenvalue weighted by atomic mass is 9.75. The number of rotatable bonds is 2. The first-order valence-electron chi connectivity index (χ1n) is 6.34. The second-order valence-corrected chi connectivity index (χ2v) is 6.80.